The first kappa shape index (κ1) is 19.9. The molecular weight excluding hydrogens is 361 g/mol. The van der Waals surface area contributed by atoms with Crippen LogP contribution in [0.25, 0.3) is 0 Å². The highest BCUT2D eigenvalue weighted by atomic mass is 32.1. The molecule has 3 nitrogen and oxygen atoms in total. The lowest BCUT2D eigenvalue weighted by Crippen LogP contribution is -2.31. The van der Waals surface area contributed by atoms with Crippen LogP contribution in [0.15, 0.2) is 0 Å². The number of rotatable bonds is 5. The average Bonchev–Trinajstić information content (AvgIpc) is 2.95. The van der Waals surface area contributed by atoms with Crippen LogP contribution >= 0.6 is 11.3 Å². The molecule has 0 spiro atoms. The van der Waals surface area contributed by atoms with Crippen LogP contribution in [0.3, 0.4) is 0 Å². The Morgan fingerprint density at radius 1 is 1.15 bits per heavy atom. The van der Waals surface area contributed by atoms with Crippen LogP contribution in [-0.4, -0.2) is 41.8 Å². The van der Waals surface area contributed by atoms with E-state index >= 15 is 0 Å². The molecule has 1 fully saturated rings. The molecule has 0 N–H and O–H groups in total. The van der Waals surface area contributed by atoms with E-state index in [9.17, 15) is 13.2 Å². The van der Waals surface area contributed by atoms with E-state index in [1.54, 1.807) is 0 Å². The zero-order valence-electron chi connectivity index (χ0n) is 15.5. The van der Waals surface area contributed by atoms with E-state index in [0.717, 1.165) is 62.3 Å². The minimum Gasteiger partial charge on any atom is -0.457 e. The Balaban J connectivity index is 1.52. The summed E-state index contributed by atoms with van der Waals surface area (Å²) in [4.78, 5) is 7.95. The van der Waals surface area contributed by atoms with Crippen molar-refractivity contribution < 1.29 is 17.9 Å². The summed E-state index contributed by atoms with van der Waals surface area (Å²) in [5, 5.41) is 0.162. The van der Waals surface area contributed by atoms with Crippen LogP contribution in [0.1, 0.15) is 62.4 Å². The van der Waals surface area contributed by atoms with Crippen LogP contribution in [0.2, 0.25) is 0 Å². The second-order valence-corrected chi connectivity index (χ2v) is 8.69. The maximum Gasteiger partial charge on any atom is 0.425 e. The highest BCUT2D eigenvalue weighted by Crippen LogP contribution is 2.32. The SMILES string of the molecule is C[C@@H](Oc1nc2c(s1)CCN(CCC1CCCCC1)CCC2)C(F)(F)F. The molecule has 0 saturated heterocycles. The zero-order valence-corrected chi connectivity index (χ0v) is 16.3. The molecule has 1 aromatic heterocycles. The summed E-state index contributed by atoms with van der Waals surface area (Å²) < 4.78 is 43.1. The van der Waals surface area contributed by atoms with Gasteiger partial charge >= 0.3 is 6.18 Å². The lowest BCUT2D eigenvalue weighted by molar-refractivity contribution is -0.189. The minimum atomic E-state index is -4.35. The molecule has 3 rings (SSSR count). The molecule has 1 atom stereocenters. The Hall–Kier alpha value is -0.820. The highest BCUT2D eigenvalue weighted by Gasteiger charge is 2.38. The van der Waals surface area contributed by atoms with Crippen molar-refractivity contribution in [2.24, 2.45) is 5.92 Å². The Morgan fingerprint density at radius 3 is 2.65 bits per heavy atom. The van der Waals surface area contributed by atoms with Crippen molar-refractivity contribution in [3.63, 3.8) is 0 Å². The highest BCUT2D eigenvalue weighted by molar-refractivity contribution is 7.13. The first-order chi connectivity index (χ1) is 12.4. The molecule has 1 aliphatic heterocycles. The largest absolute Gasteiger partial charge is 0.457 e. The summed E-state index contributed by atoms with van der Waals surface area (Å²) in [5.41, 5.74) is 0.936. The Morgan fingerprint density at radius 2 is 1.92 bits per heavy atom. The molecular formula is C19H29F3N2OS. The lowest BCUT2D eigenvalue weighted by atomic mass is 9.87. The van der Waals surface area contributed by atoms with Crippen molar-refractivity contribution in [1.29, 1.82) is 0 Å². The molecule has 0 aromatic carbocycles. The quantitative estimate of drug-likeness (QED) is 0.688. The lowest BCUT2D eigenvalue weighted by Gasteiger charge is -2.28. The number of halogens is 3. The summed E-state index contributed by atoms with van der Waals surface area (Å²) >= 11 is 1.29. The van der Waals surface area contributed by atoms with E-state index in [4.69, 9.17) is 4.74 Å². The van der Waals surface area contributed by atoms with Crippen LogP contribution in [0, 0.1) is 5.92 Å². The third-order valence-corrected chi connectivity index (χ3v) is 6.67. The number of ether oxygens (including phenoxy) is 1. The minimum absolute atomic E-state index is 0.162. The van der Waals surface area contributed by atoms with Gasteiger partial charge in [-0.25, -0.2) is 4.98 Å². The molecule has 0 unspecified atom stereocenters. The number of nitrogens with zero attached hydrogens (tertiary/aromatic N) is 2. The fourth-order valence-corrected chi connectivity index (χ4v) is 4.94. The molecule has 1 saturated carbocycles. The second-order valence-electron chi connectivity index (χ2n) is 7.64. The molecule has 148 valence electrons. The smallest absolute Gasteiger partial charge is 0.425 e. The van der Waals surface area contributed by atoms with Gasteiger partial charge < -0.3 is 9.64 Å². The number of fused-ring (bicyclic) bond motifs is 1. The van der Waals surface area contributed by atoms with Crippen LogP contribution < -0.4 is 4.74 Å². The van der Waals surface area contributed by atoms with Crippen molar-refractivity contribution in [3.8, 4) is 5.19 Å². The van der Waals surface area contributed by atoms with E-state index in [0.29, 0.717) is 0 Å². The summed E-state index contributed by atoms with van der Waals surface area (Å²) in [5.74, 6) is 0.886. The van der Waals surface area contributed by atoms with Crippen molar-refractivity contribution >= 4 is 11.3 Å². The van der Waals surface area contributed by atoms with Crippen molar-refractivity contribution in [1.82, 2.24) is 9.88 Å². The molecule has 2 heterocycles. The van der Waals surface area contributed by atoms with Crippen molar-refractivity contribution in [2.75, 3.05) is 19.6 Å². The maximum atomic E-state index is 12.7. The van der Waals surface area contributed by atoms with E-state index < -0.39 is 12.3 Å². The van der Waals surface area contributed by atoms with Gasteiger partial charge in [-0.1, -0.05) is 43.4 Å². The van der Waals surface area contributed by atoms with Gasteiger partial charge in [0.05, 0.1) is 5.69 Å². The van der Waals surface area contributed by atoms with Crippen LogP contribution in [-0.2, 0) is 12.8 Å². The topological polar surface area (TPSA) is 25.4 Å². The van der Waals surface area contributed by atoms with E-state index in [1.807, 2.05) is 0 Å². The van der Waals surface area contributed by atoms with Gasteiger partial charge in [-0.2, -0.15) is 13.2 Å². The van der Waals surface area contributed by atoms with Gasteiger partial charge in [-0.15, -0.1) is 0 Å². The fraction of sp³-hybridized carbons (Fsp3) is 0.842. The van der Waals surface area contributed by atoms with Crippen LogP contribution in [0.5, 0.6) is 5.19 Å². The van der Waals surface area contributed by atoms with E-state index in [-0.39, 0.29) is 5.19 Å². The number of aromatic nitrogens is 1. The maximum absolute atomic E-state index is 12.7. The number of hydrogen-bond acceptors (Lipinski definition) is 4. The average molecular weight is 391 g/mol. The normalized spacial score (nSPS) is 21.7. The van der Waals surface area contributed by atoms with Gasteiger partial charge in [0.1, 0.15) is 0 Å². The number of aryl methyl sites for hydroxylation is 1. The van der Waals surface area contributed by atoms with E-state index in [2.05, 4.69) is 9.88 Å². The van der Waals surface area contributed by atoms with Gasteiger partial charge in [0.25, 0.3) is 5.19 Å². The molecule has 2 aliphatic rings. The van der Waals surface area contributed by atoms with Gasteiger partial charge in [0, 0.05) is 11.4 Å². The van der Waals surface area contributed by atoms with Gasteiger partial charge in [0.15, 0.2) is 6.10 Å². The molecule has 0 radical (unpaired) electrons. The van der Waals surface area contributed by atoms with Crippen molar-refractivity contribution in [3.05, 3.63) is 10.6 Å². The number of thiazole rings is 1. The molecule has 0 bridgehead atoms. The Labute approximate surface area is 157 Å². The van der Waals surface area contributed by atoms with Gasteiger partial charge in [-0.3, -0.25) is 0 Å². The molecule has 1 aliphatic carbocycles. The number of alkyl halides is 3. The summed E-state index contributed by atoms with van der Waals surface area (Å²) in [6.45, 7) is 4.20. The summed E-state index contributed by atoms with van der Waals surface area (Å²) in [6.07, 6.45) is 4.74. The third kappa shape index (κ3) is 5.59. The molecule has 1 aromatic rings. The second kappa shape index (κ2) is 8.91. The number of hydrogen-bond donors (Lipinski definition) is 0. The molecule has 26 heavy (non-hydrogen) atoms. The Bertz CT molecular complexity index is 570. The summed E-state index contributed by atoms with van der Waals surface area (Å²) in [7, 11) is 0. The first-order valence-electron chi connectivity index (χ1n) is 9.86. The van der Waals surface area contributed by atoms with Crippen molar-refractivity contribution in [2.45, 2.75) is 77.0 Å². The molecule has 7 heteroatoms. The fourth-order valence-electron chi connectivity index (χ4n) is 3.92. The predicted octanol–water partition coefficient (Wildman–Crippen LogP) is 5.23. The first-order valence-corrected chi connectivity index (χ1v) is 10.7. The zero-order chi connectivity index (χ0) is 18.6. The summed E-state index contributed by atoms with van der Waals surface area (Å²) in [6, 6.07) is 0. The molecule has 0 amide bonds. The predicted molar refractivity (Wildman–Crippen MR) is 97.9 cm³/mol. The van der Waals surface area contributed by atoms with Gasteiger partial charge in [-0.05, 0) is 51.6 Å². The Kier molecular flexibility index (Phi) is 6.83. The van der Waals surface area contributed by atoms with Crippen LogP contribution in [0.4, 0.5) is 13.2 Å². The standard InChI is InChI=1S/C19H29F3N2OS/c1-14(19(20,21)22)25-18-23-16-8-5-11-24(13-10-17(16)26-18)12-9-15-6-3-2-4-7-15/h14-15H,2-13H2,1H3/t14-/m1/s1. The van der Waals surface area contributed by atoms with E-state index in [1.165, 1.54) is 49.9 Å². The van der Waals surface area contributed by atoms with Gasteiger partial charge in [0.2, 0.25) is 0 Å². The third-order valence-electron chi connectivity index (χ3n) is 5.62. The monoisotopic (exact) mass is 390 g/mol.